The van der Waals surface area contributed by atoms with Gasteiger partial charge in [0.25, 0.3) is 5.91 Å². The Kier molecular flexibility index (Phi) is 5.37. The molecule has 6 nitrogen and oxygen atoms in total. The molecule has 0 saturated heterocycles. The van der Waals surface area contributed by atoms with E-state index >= 15 is 0 Å². The molecule has 0 aliphatic heterocycles. The second kappa shape index (κ2) is 8.05. The van der Waals surface area contributed by atoms with E-state index in [-0.39, 0.29) is 5.56 Å². The van der Waals surface area contributed by atoms with Gasteiger partial charge in [0.15, 0.2) is 11.7 Å². The van der Waals surface area contributed by atoms with Gasteiger partial charge >= 0.3 is 5.97 Å². The highest BCUT2D eigenvalue weighted by molar-refractivity contribution is 7.14. The van der Waals surface area contributed by atoms with Gasteiger partial charge in [-0.25, -0.2) is 9.78 Å². The fourth-order valence-corrected chi connectivity index (χ4v) is 2.86. The van der Waals surface area contributed by atoms with Crippen molar-refractivity contribution in [1.82, 2.24) is 4.98 Å². The maximum Gasteiger partial charge on any atom is 0.338 e. The molecule has 3 aromatic rings. The van der Waals surface area contributed by atoms with Crippen LogP contribution in [0.5, 0.6) is 0 Å². The number of esters is 1. The van der Waals surface area contributed by atoms with Crippen molar-refractivity contribution in [3.05, 3.63) is 71.1 Å². The summed E-state index contributed by atoms with van der Waals surface area (Å²) in [5.41, 5.74) is 2.44. The summed E-state index contributed by atoms with van der Waals surface area (Å²) in [6.45, 7) is -0.418. The molecule has 128 valence electrons. The van der Waals surface area contributed by atoms with E-state index in [1.165, 1.54) is 35.6 Å². The van der Waals surface area contributed by atoms with Gasteiger partial charge in [-0.3, -0.25) is 10.1 Å². The lowest BCUT2D eigenvalue weighted by Gasteiger charge is -2.04. The van der Waals surface area contributed by atoms with E-state index in [4.69, 9.17) is 10.00 Å². The summed E-state index contributed by atoms with van der Waals surface area (Å²) >= 11 is 1.29. The summed E-state index contributed by atoms with van der Waals surface area (Å²) in [5.74, 6) is -1.10. The molecule has 0 saturated carbocycles. The minimum Gasteiger partial charge on any atom is -0.452 e. The Bertz CT molecular complexity index is 960. The molecule has 3 rings (SSSR count). The standard InChI is InChI=1S/C19H13N3O3S/c20-10-13-6-8-15(9-7-13)18(24)25-11-17(23)22-19-21-16(12-26-19)14-4-2-1-3-5-14/h1-9,12H,11H2,(H,21,22,23). The lowest BCUT2D eigenvalue weighted by Crippen LogP contribution is -2.20. The highest BCUT2D eigenvalue weighted by Gasteiger charge is 2.12. The topological polar surface area (TPSA) is 92.1 Å². The van der Waals surface area contributed by atoms with Crippen LogP contribution in [0.1, 0.15) is 15.9 Å². The number of carbonyl (C=O) groups is 2. The summed E-state index contributed by atoms with van der Waals surface area (Å²) in [5, 5.41) is 13.6. The summed E-state index contributed by atoms with van der Waals surface area (Å²) < 4.78 is 4.97. The van der Waals surface area contributed by atoms with Crippen molar-refractivity contribution in [1.29, 1.82) is 5.26 Å². The Morgan fingerprint density at radius 3 is 2.54 bits per heavy atom. The van der Waals surface area contributed by atoms with Gasteiger partial charge in [0.05, 0.1) is 22.9 Å². The summed E-state index contributed by atoms with van der Waals surface area (Å²) in [7, 11) is 0. The first kappa shape index (κ1) is 17.3. The van der Waals surface area contributed by atoms with Crippen LogP contribution in [0.4, 0.5) is 5.13 Å². The van der Waals surface area contributed by atoms with Crippen molar-refractivity contribution < 1.29 is 14.3 Å². The molecule has 0 bridgehead atoms. The maximum atomic E-state index is 11.9. The zero-order valence-corrected chi connectivity index (χ0v) is 14.3. The van der Waals surface area contributed by atoms with Crippen LogP contribution >= 0.6 is 11.3 Å². The second-order valence-electron chi connectivity index (χ2n) is 5.22. The van der Waals surface area contributed by atoms with Gasteiger partial charge in [-0.15, -0.1) is 11.3 Å². The van der Waals surface area contributed by atoms with E-state index in [0.29, 0.717) is 10.7 Å². The monoisotopic (exact) mass is 363 g/mol. The molecule has 0 atom stereocenters. The van der Waals surface area contributed by atoms with Crippen molar-refractivity contribution in [2.24, 2.45) is 0 Å². The predicted molar refractivity (Wildman–Crippen MR) is 97.6 cm³/mol. The highest BCUT2D eigenvalue weighted by atomic mass is 32.1. The van der Waals surface area contributed by atoms with E-state index in [1.54, 1.807) is 0 Å². The molecule has 1 heterocycles. The molecule has 1 amide bonds. The highest BCUT2D eigenvalue weighted by Crippen LogP contribution is 2.24. The molecular formula is C19H13N3O3S. The quantitative estimate of drug-likeness (QED) is 0.701. The van der Waals surface area contributed by atoms with E-state index < -0.39 is 18.5 Å². The van der Waals surface area contributed by atoms with Crippen molar-refractivity contribution in [2.75, 3.05) is 11.9 Å². The first-order chi connectivity index (χ1) is 12.7. The van der Waals surface area contributed by atoms with E-state index in [0.717, 1.165) is 11.3 Å². The van der Waals surface area contributed by atoms with Crippen LogP contribution in [0.3, 0.4) is 0 Å². The molecule has 0 radical (unpaired) electrons. The molecule has 0 aliphatic carbocycles. The van der Waals surface area contributed by atoms with Gasteiger partial charge in [0.2, 0.25) is 0 Å². The van der Waals surface area contributed by atoms with Crippen LogP contribution in [0, 0.1) is 11.3 Å². The minimum absolute atomic E-state index is 0.275. The number of nitrogens with zero attached hydrogens (tertiary/aromatic N) is 2. The summed E-state index contributed by atoms with van der Waals surface area (Å²) in [6.07, 6.45) is 0. The Balaban J connectivity index is 1.53. The third-order valence-corrected chi connectivity index (χ3v) is 4.16. The van der Waals surface area contributed by atoms with Gasteiger partial charge in [-0.1, -0.05) is 30.3 Å². The smallest absolute Gasteiger partial charge is 0.338 e. The number of amides is 1. The fraction of sp³-hybridized carbons (Fsp3) is 0.0526. The molecule has 0 unspecified atom stereocenters. The largest absolute Gasteiger partial charge is 0.452 e. The van der Waals surface area contributed by atoms with E-state index in [2.05, 4.69) is 10.3 Å². The average molecular weight is 363 g/mol. The molecule has 1 aromatic heterocycles. The minimum atomic E-state index is -0.631. The zero-order valence-electron chi connectivity index (χ0n) is 13.5. The number of benzene rings is 2. The van der Waals surface area contributed by atoms with E-state index in [9.17, 15) is 9.59 Å². The number of hydrogen-bond donors (Lipinski definition) is 1. The lowest BCUT2D eigenvalue weighted by atomic mass is 10.1. The fourth-order valence-electron chi connectivity index (χ4n) is 2.12. The Hall–Kier alpha value is -3.50. The average Bonchev–Trinajstić information content (AvgIpc) is 3.15. The van der Waals surface area contributed by atoms with Crippen LogP contribution < -0.4 is 5.32 Å². The first-order valence-electron chi connectivity index (χ1n) is 7.64. The third kappa shape index (κ3) is 4.32. The number of nitrogens with one attached hydrogen (secondary N) is 1. The Morgan fingerprint density at radius 2 is 1.85 bits per heavy atom. The first-order valence-corrected chi connectivity index (χ1v) is 8.52. The van der Waals surface area contributed by atoms with Gasteiger partial charge in [-0.2, -0.15) is 5.26 Å². The van der Waals surface area contributed by atoms with Crippen molar-refractivity contribution in [3.8, 4) is 17.3 Å². The van der Waals surface area contributed by atoms with Crippen molar-refractivity contribution >= 4 is 28.3 Å². The number of hydrogen-bond acceptors (Lipinski definition) is 6. The molecule has 7 heteroatoms. The number of aromatic nitrogens is 1. The predicted octanol–water partition coefficient (Wildman–Crippen LogP) is 3.48. The van der Waals surface area contributed by atoms with Crippen LogP contribution in [0.25, 0.3) is 11.3 Å². The number of nitriles is 1. The molecule has 1 N–H and O–H groups in total. The van der Waals surface area contributed by atoms with Gasteiger partial charge < -0.3 is 4.74 Å². The SMILES string of the molecule is N#Cc1ccc(C(=O)OCC(=O)Nc2nc(-c3ccccc3)cs2)cc1. The summed E-state index contributed by atoms with van der Waals surface area (Å²) in [4.78, 5) is 28.2. The van der Waals surface area contributed by atoms with Crippen molar-refractivity contribution in [2.45, 2.75) is 0 Å². The van der Waals surface area contributed by atoms with Crippen molar-refractivity contribution in [3.63, 3.8) is 0 Å². The maximum absolute atomic E-state index is 11.9. The van der Waals surface area contributed by atoms with Crippen LogP contribution in [-0.2, 0) is 9.53 Å². The molecule has 0 aliphatic rings. The van der Waals surface area contributed by atoms with Gasteiger partial charge in [-0.05, 0) is 24.3 Å². The molecule has 26 heavy (non-hydrogen) atoms. The molecule has 0 spiro atoms. The van der Waals surface area contributed by atoms with Crippen LogP contribution in [-0.4, -0.2) is 23.5 Å². The lowest BCUT2D eigenvalue weighted by molar-refractivity contribution is -0.119. The van der Waals surface area contributed by atoms with Crippen LogP contribution in [0.15, 0.2) is 60.0 Å². The molecular weight excluding hydrogens is 350 g/mol. The number of rotatable bonds is 5. The second-order valence-corrected chi connectivity index (χ2v) is 6.08. The summed E-state index contributed by atoms with van der Waals surface area (Å²) in [6, 6.07) is 17.5. The molecule has 2 aromatic carbocycles. The van der Waals surface area contributed by atoms with Crippen LogP contribution in [0.2, 0.25) is 0 Å². The van der Waals surface area contributed by atoms with Gasteiger partial charge in [0, 0.05) is 10.9 Å². The molecule has 0 fully saturated rings. The van der Waals surface area contributed by atoms with E-state index in [1.807, 2.05) is 41.8 Å². The number of thiazole rings is 1. The number of anilines is 1. The Labute approximate surface area is 153 Å². The number of carbonyl (C=O) groups excluding carboxylic acids is 2. The zero-order chi connectivity index (χ0) is 18.4. The van der Waals surface area contributed by atoms with Gasteiger partial charge in [0.1, 0.15) is 0 Å². The normalized spacial score (nSPS) is 9.96. The third-order valence-electron chi connectivity index (χ3n) is 3.40. The number of ether oxygens (including phenoxy) is 1. The Morgan fingerprint density at radius 1 is 1.12 bits per heavy atom.